The molecule has 9 nitrogen and oxygen atoms in total. The van der Waals surface area contributed by atoms with Crippen molar-refractivity contribution >= 4 is 26.0 Å². The Hall–Kier alpha value is -2.57. The van der Waals surface area contributed by atoms with Crippen LogP contribution in [0.2, 0.25) is 0 Å². The molecule has 3 aliphatic heterocycles. The minimum atomic E-state index is -3.85. The molecule has 3 fully saturated rings. The topological polar surface area (TPSA) is 113 Å². The SMILES string of the molecule is C=CS(=O)(=O)NC[C@H]1CCCN1S(=O)(=O)c1ccc(C(Cc2ccccc2)C(=O)N2CCC3(CCOC3)C2)cc1. The normalized spacial score (nSPS) is 24.5. The summed E-state index contributed by atoms with van der Waals surface area (Å²) >= 11 is 0. The summed E-state index contributed by atoms with van der Waals surface area (Å²) in [7, 11) is -7.51. The quantitative estimate of drug-likeness (QED) is 0.458. The number of sulfonamides is 2. The van der Waals surface area contributed by atoms with Crippen LogP contribution in [0.5, 0.6) is 0 Å². The summed E-state index contributed by atoms with van der Waals surface area (Å²) in [5.74, 6) is -0.387. The predicted octanol–water partition coefficient (Wildman–Crippen LogP) is 2.87. The zero-order valence-corrected chi connectivity index (χ0v) is 24.2. The second kappa shape index (κ2) is 11.7. The van der Waals surface area contributed by atoms with Crippen molar-refractivity contribution in [3.8, 4) is 0 Å². The van der Waals surface area contributed by atoms with Crippen LogP contribution in [0.3, 0.4) is 0 Å². The fourth-order valence-electron chi connectivity index (χ4n) is 6.12. The van der Waals surface area contributed by atoms with Gasteiger partial charge in [-0.3, -0.25) is 4.79 Å². The Bertz CT molecular complexity index is 1420. The highest BCUT2D eigenvalue weighted by atomic mass is 32.2. The van der Waals surface area contributed by atoms with E-state index in [1.807, 2.05) is 35.2 Å². The van der Waals surface area contributed by atoms with Crippen LogP contribution < -0.4 is 4.72 Å². The molecular formula is C29H37N3O6S2. The van der Waals surface area contributed by atoms with Crippen molar-refractivity contribution < 1.29 is 26.4 Å². The third-order valence-corrected chi connectivity index (χ3v) is 11.4. The van der Waals surface area contributed by atoms with Crippen LogP contribution in [0.1, 0.15) is 42.7 Å². The van der Waals surface area contributed by atoms with E-state index in [1.54, 1.807) is 24.3 Å². The highest BCUT2D eigenvalue weighted by Crippen LogP contribution is 2.39. The summed E-state index contributed by atoms with van der Waals surface area (Å²) in [6, 6.07) is 16.0. The molecule has 40 heavy (non-hydrogen) atoms. The van der Waals surface area contributed by atoms with Gasteiger partial charge in [0.05, 0.1) is 17.4 Å². The summed E-state index contributed by atoms with van der Waals surface area (Å²) in [5, 5.41) is 0.816. The molecule has 3 heterocycles. The van der Waals surface area contributed by atoms with Gasteiger partial charge in [0, 0.05) is 49.7 Å². The van der Waals surface area contributed by atoms with Crippen LogP contribution in [0.4, 0.5) is 0 Å². The van der Waals surface area contributed by atoms with Crippen LogP contribution >= 0.6 is 0 Å². The van der Waals surface area contributed by atoms with Gasteiger partial charge < -0.3 is 9.64 Å². The summed E-state index contributed by atoms with van der Waals surface area (Å²) in [5.41, 5.74) is 1.86. The first kappa shape index (κ1) is 28.9. The van der Waals surface area contributed by atoms with Crippen LogP contribution in [-0.4, -0.2) is 77.4 Å². The number of likely N-dealkylation sites (tertiary alicyclic amines) is 1. The van der Waals surface area contributed by atoms with Crippen molar-refractivity contribution in [2.24, 2.45) is 5.41 Å². The van der Waals surface area contributed by atoms with Crippen molar-refractivity contribution in [2.75, 3.05) is 39.4 Å². The molecule has 0 radical (unpaired) electrons. The number of amides is 1. The van der Waals surface area contributed by atoms with Crippen molar-refractivity contribution in [3.05, 3.63) is 77.7 Å². The molecule has 11 heteroatoms. The van der Waals surface area contributed by atoms with Crippen molar-refractivity contribution in [3.63, 3.8) is 0 Å². The van der Waals surface area contributed by atoms with Crippen LogP contribution in [0.25, 0.3) is 0 Å². The van der Waals surface area contributed by atoms with E-state index < -0.39 is 32.0 Å². The molecule has 1 N–H and O–H groups in total. The van der Waals surface area contributed by atoms with Gasteiger partial charge in [-0.05, 0) is 55.4 Å². The maximum absolute atomic E-state index is 13.9. The lowest BCUT2D eigenvalue weighted by Crippen LogP contribution is -2.42. The molecule has 0 saturated carbocycles. The van der Waals surface area contributed by atoms with Crippen molar-refractivity contribution in [1.82, 2.24) is 13.9 Å². The molecule has 3 saturated heterocycles. The number of rotatable bonds is 10. The van der Waals surface area contributed by atoms with Crippen molar-refractivity contribution in [2.45, 2.75) is 49.0 Å². The van der Waals surface area contributed by atoms with E-state index in [0.717, 1.165) is 36.0 Å². The molecular weight excluding hydrogens is 550 g/mol. The molecule has 2 unspecified atom stereocenters. The standard InChI is InChI=1S/C29H37N3O6S2/c1-2-39(34,35)30-20-25-9-6-16-32(25)40(36,37)26-12-10-24(11-13-26)27(19-23-7-4-3-5-8-23)28(33)31-17-14-29(21-31)15-18-38-22-29/h2-5,7-8,10-13,25,27,30H,1,6,9,14-22H2/t25-,27?,29?/m1/s1. The summed E-state index contributed by atoms with van der Waals surface area (Å²) in [6.45, 7) is 6.41. The Kier molecular flexibility index (Phi) is 8.49. The van der Waals surface area contributed by atoms with Gasteiger partial charge in [0.1, 0.15) is 0 Å². The van der Waals surface area contributed by atoms with E-state index in [9.17, 15) is 21.6 Å². The average molecular weight is 588 g/mol. The Labute approximate surface area is 237 Å². The van der Waals surface area contributed by atoms with Gasteiger partial charge in [-0.2, -0.15) is 4.31 Å². The zero-order valence-electron chi connectivity index (χ0n) is 22.6. The van der Waals surface area contributed by atoms with Gasteiger partial charge in [0.25, 0.3) is 0 Å². The molecule has 1 spiro atoms. The van der Waals surface area contributed by atoms with E-state index in [1.165, 1.54) is 4.31 Å². The zero-order chi connectivity index (χ0) is 28.4. The van der Waals surface area contributed by atoms with Gasteiger partial charge >= 0.3 is 0 Å². The number of benzene rings is 2. The number of nitrogens with one attached hydrogen (secondary N) is 1. The highest BCUT2D eigenvalue weighted by Gasteiger charge is 2.44. The number of carbonyl (C=O) groups excluding carboxylic acids is 1. The molecule has 2 aromatic rings. The second-order valence-electron chi connectivity index (χ2n) is 11.1. The Balaban J connectivity index is 1.36. The fourth-order valence-corrected chi connectivity index (χ4v) is 8.36. The van der Waals surface area contributed by atoms with Crippen LogP contribution in [-0.2, 0) is 36.0 Å². The molecule has 3 aliphatic rings. The summed E-state index contributed by atoms with van der Waals surface area (Å²) < 4.78 is 60.1. The molecule has 5 rings (SSSR count). The van der Waals surface area contributed by atoms with Gasteiger partial charge in [-0.1, -0.05) is 49.0 Å². The number of nitrogens with zero attached hydrogens (tertiary/aromatic N) is 2. The van der Waals surface area contributed by atoms with E-state index in [4.69, 9.17) is 4.74 Å². The summed E-state index contributed by atoms with van der Waals surface area (Å²) in [6.07, 6.45) is 3.64. The monoisotopic (exact) mass is 587 g/mol. The maximum atomic E-state index is 13.9. The molecule has 2 aromatic carbocycles. The van der Waals surface area contributed by atoms with E-state index in [0.29, 0.717) is 45.5 Å². The third-order valence-electron chi connectivity index (χ3n) is 8.47. The van der Waals surface area contributed by atoms with E-state index in [-0.39, 0.29) is 22.8 Å². The average Bonchev–Trinajstić information content (AvgIpc) is 3.73. The van der Waals surface area contributed by atoms with E-state index >= 15 is 0 Å². The fraction of sp³-hybridized carbons (Fsp3) is 0.483. The van der Waals surface area contributed by atoms with Gasteiger partial charge in [0.15, 0.2) is 0 Å². The first-order chi connectivity index (χ1) is 19.1. The van der Waals surface area contributed by atoms with Gasteiger partial charge in [0.2, 0.25) is 26.0 Å². The first-order valence-corrected chi connectivity index (χ1v) is 16.8. The number of carbonyl (C=O) groups is 1. The van der Waals surface area contributed by atoms with Gasteiger partial charge in [-0.15, -0.1) is 0 Å². The highest BCUT2D eigenvalue weighted by molar-refractivity contribution is 7.92. The molecule has 0 aliphatic carbocycles. The molecule has 0 aromatic heterocycles. The minimum Gasteiger partial charge on any atom is -0.381 e. The molecule has 216 valence electrons. The third kappa shape index (κ3) is 6.18. The largest absolute Gasteiger partial charge is 0.381 e. The van der Waals surface area contributed by atoms with Crippen LogP contribution in [0, 0.1) is 5.41 Å². The Morgan fingerprint density at radius 2 is 1.82 bits per heavy atom. The summed E-state index contributed by atoms with van der Waals surface area (Å²) in [4.78, 5) is 16.0. The van der Waals surface area contributed by atoms with Crippen LogP contribution in [0.15, 0.2) is 71.5 Å². The van der Waals surface area contributed by atoms with E-state index in [2.05, 4.69) is 11.3 Å². The van der Waals surface area contributed by atoms with Crippen molar-refractivity contribution in [1.29, 1.82) is 0 Å². The number of ether oxygens (including phenoxy) is 1. The Morgan fingerprint density at radius 1 is 1.07 bits per heavy atom. The minimum absolute atomic E-state index is 0.0122. The smallest absolute Gasteiger partial charge is 0.243 e. The maximum Gasteiger partial charge on any atom is 0.243 e. The first-order valence-electron chi connectivity index (χ1n) is 13.8. The number of hydrogen-bond donors (Lipinski definition) is 1. The Morgan fingerprint density at radius 3 is 2.50 bits per heavy atom. The molecule has 1 amide bonds. The predicted molar refractivity (Wildman–Crippen MR) is 152 cm³/mol. The van der Waals surface area contributed by atoms with Gasteiger partial charge in [-0.25, -0.2) is 21.6 Å². The number of hydrogen-bond acceptors (Lipinski definition) is 6. The lowest BCUT2D eigenvalue weighted by atomic mass is 9.86. The second-order valence-corrected chi connectivity index (χ2v) is 14.7. The molecule has 0 bridgehead atoms. The lowest BCUT2D eigenvalue weighted by molar-refractivity contribution is -0.132. The molecule has 3 atom stereocenters. The lowest BCUT2D eigenvalue weighted by Gasteiger charge is -2.27.